The third kappa shape index (κ3) is 4.66. The zero-order valence-corrected chi connectivity index (χ0v) is 17.6. The molecule has 2 N–H and O–H groups in total. The first kappa shape index (κ1) is 19.2. The number of carbonyl (C=O) groups excluding carboxylic acids is 1. The molecule has 0 unspecified atom stereocenters. The highest BCUT2D eigenvalue weighted by molar-refractivity contribution is 9.10. The number of nitrogens with one attached hydrogen (secondary N) is 2. The second-order valence-corrected chi connectivity index (χ2v) is 7.77. The first-order valence-corrected chi connectivity index (χ1v) is 10.2. The molecule has 4 rings (SSSR count). The minimum Gasteiger partial charge on any atom is -0.331 e. The van der Waals surface area contributed by atoms with Crippen molar-refractivity contribution in [2.75, 3.05) is 10.6 Å². The van der Waals surface area contributed by atoms with Gasteiger partial charge in [0, 0.05) is 29.3 Å². The van der Waals surface area contributed by atoms with Crippen molar-refractivity contribution in [2.24, 2.45) is 7.05 Å². The second kappa shape index (κ2) is 8.49. The molecule has 6 heteroatoms. The molecule has 2 amide bonds. The normalized spacial score (nSPS) is 10.8. The molecule has 0 atom stereocenters. The van der Waals surface area contributed by atoms with Crippen molar-refractivity contribution >= 4 is 44.4 Å². The molecule has 1 aromatic heterocycles. The fourth-order valence-electron chi connectivity index (χ4n) is 3.26. The number of hydrogen-bond donors (Lipinski definition) is 2. The highest BCUT2D eigenvalue weighted by Crippen LogP contribution is 2.18. The van der Waals surface area contributed by atoms with E-state index in [4.69, 9.17) is 4.98 Å². The number of anilines is 2. The average Bonchev–Trinajstić information content (AvgIpc) is 3.05. The summed E-state index contributed by atoms with van der Waals surface area (Å²) in [5.41, 5.74) is 4.88. The van der Waals surface area contributed by atoms with Crippen molar-refractivity contribution in [3.63, 3.8) is 0 Å². The van der Waals surface area contributed by atoms with E-state index in [-0.39, 0.29) is 6.03 Å². The first-order chi connectivity index (χ1) is 14.1. The lowest BCUT2D eigenvalue weighted by molar-refractivity contribution is 0.262. The zero-order chi connectivity index (χ0) is 20.2. The minimum atomic E-state index is -0.264. The molecular formula is C23H21BrN4O. The van der Waals surface area contributed by atoms with Gasteiger partial charge >= 0.3 is 6.03 Å². The number of hydrogen-bond acceptors (Lipinski definition) is 2. The van der Waals surface area contributed by atoms with E-state index in [9.17, 15) is 4.79 Å². The number of halogens is 1. The van der Waals surface area contributed by atoms with E-state index in [1.165, 1.54) is 5.56 Å². The third-order valence-corrected chi connectivity index (χ3v) is 5.36. The largest absolute Gasteiger partial charge is 0.331 e. The summed E-state index contributed by atoms with van der Waals surface area (Å²) in [7, 11) is 2.06. The zero-order valence-electron chi connectivity index (χ0n) is 16.0. The van der Waals surface area contributed by atoms with E-state index in [2.05, 4.69) is 44.2 Å². The Hall–Kier alpha value is -3.12. The second-order valence-electron chi connectivity index (χ2n) is 6.86. The van der Waals surface area contributed by atoms with Crippen LogP contribution >= 0.6 is 15.9 Å². The molecule has 0 aliphatic carbocycles. The quantitative estimate of drug-likeness (QED) is 0.407. The Bertz CT molecular complexity index is 1130. The lowest BCUT2D eigenvalue weighted by Crippen LogP contribution is -2.19. The molecular weight excluding hydrogens is 428 g/mol. The average molecular weight is 449 g/mol. The maximum atomic E-state index is 12.1. The maximum absolute atomic E-state index is 12.1. The topological polar surface area (TPSA) is 59.0 Å². The van der Waals surface area contributed by atoms with Gasteiger partial charge in [0.2, 0.25) is 0 Å². The van der Waals surface area contributed by atoms with Crippen molar-refractivity contribution < 1.29 is 4.79 Å². The highest BCUT2D eigenvalue weighted by Gasteiger charge is 2.08. The van der Waals surface area contributed by atoms with Gasteiger partial charge in [0.25, 0.3) is 0 Å². The Labute approximate surface area is 177 Å². The molecule has 1 heterocycles. The minimum absolute atomic E-state index is 0.264. The van der Waals surface area contributed by atoms with Gasteiger partial charge in [0.15, 0.2) is 0 Å². The van der Waals surface area contributed by atoms with E-state index in [1.54, 1.807) is 0 Å². The molecule has 0 saturated carbocycles. The number of fused-ring (bicyclic) bond motifs is 1. The molecule has 0 aliphatic heterocycles. The molecule has 4 aromatic rings. The number of urea groups is 1. The Morgan fingerprint density at radius 3 is 2.17 bits per heavy atom. The molecule has 0 fully saturated rings. The maximum Gasteiger partial charge on any atom is 0.323 e. The van der Waals surface area contributed by atoms with E-state index in [0.29, 0.717) is 0 Å². The summed E-state index contributed by atoms with van der Waals surface area (Å²) in [5, 5.41) is 5.67. The van der Waals surface area contributed by atoms with Gasteiger partial charge in [-0.15, -0.1) is 0 Å². The SMILES string of the molecule is Cn1c(CCc2ccc(NC(=O)Nc3ccc(Br)cc3)cc2)nc2ccccc21. The van der Waals surface area contributed by atoms with Crippen LogP contribution in [-0.2, 0) is 19.9 Å². The number of carbonyl (C=O) groups is 1. The van der Waals surface area contributed by atoms with Crippen LogP contribution in [0.3, 0.4) is 0 Å². The monoisotopic (exact) mass is 448 g/mol. The summed E-state index contributed by atoms with van der Waals surface area (Å²) < 4.78 is 3.12. The van der Waals surface area contributed by atoms with Gasteiger partial charge in [0.1, 0.15) is 5.82 Å². The van der Waals surface area contributed by atoms with E-state index in [0.717, 1.165) is 45.5 Å². The van der Waals surface area contributed by atoms with Gasteiger partial charge in [-0.25, -0.2) is 9.78 Å². The van der Waals surface area contributed by atoms with Crippen LogP contribution in [0.5, 0.6) is 0 Å². The number of para-hydroxylation sites is 2. The van der Waals surface area contributed by atoms with Crippen LogP contribution < -0.4 is 10.6 Å². The summed E-state index contributed by atoms with van der Waals surface area (Å²) in [6.45, 7) is 0. The van der Waals surface area contributed by atoms with Crippen LogP contribution in [0, 0.1) is 0 Å². The summed E-state index contributed by atoms with van der Waals surface area (Å²) in [4.78, 5) is 16.9. The summed E-state index contributed by atoms with van der Waals surface area (Å²) in [5.74, 6) is 1.07. The lowest BCUT2D eigenvalue weighted by atomic mass is 10.1. The number of aromatic nitrogens is 2. The summed E-state index contributed by atoms with van der Waals surface area (Å²) >= 11 is 3.38. The molecule has 146 valence electrons. The molecule has 5 nitrogen and oxygen atoms in total. The van der Waals surface area contributed by atoms with Crippen molar-refractivity contribution in [1.82, 2.24) is 9.55 Å². The van der Waals surface area contributed by atoms with Crippen LogP contribution in [0.25, 0.3) is 11.0 Å². The number of nitrogens with zero attached hydrogens (tertiary/aromatic N) is 2. The van der Waals surface area contributed by atoms with Crippen LogP contribution in [0.15, 0.2) is 77.3 Å². The van der Waals surface area contributed by atoms with Crippen molar-refractivity contribution in [3.05, 3.63) is 88.7 Å². The smallest absolute Gasteiger partial charge is 0.323 e. The van der Waals surface area contributed by atoms with Crippen LogP contribution in [0.4, 0.5) is 16.2 Å². The number of rotatable bonds is 5. The molecule has 0 aliphatic rings. The van der Waals surface area contributed by atoms with Gasteiger partial charge in [-0.1, -0.05) is 40.2 Å². The summed E-state index contributed by atoms with van der Waals surface area (Å²) in [6, 6.07) is 23.3. The van der Waals surface area contributed by atoms with E-state index >= 15 is 0 Å². The van der Waals surface area contributed by atoms with E-state index < -0.39 is 0 Å². The van der Waals surface area contributed by atoms with Crippen molar-refractivity contribution in [1.29, 1.82) is 0 Å². The number of amides is 2. The fraction of sp³-hybridized carbons (Fsp3) is 0.130. The lowest BCUT2D eigenvalue weighted by Gasteiger charge is -2.09. The highest BCUT2D eigenvalue weighted by atomic mass is 79.9. The number of aryl methyl sites for hydroxylation is 3. The predicted octanol–water partition coefficient (Wildman–Crippen LogP) is 5.77. The molecule has 0 bridgehead atoms. The van der Waals surface area contributed by atoms with Gasteiger partial charge < -0.3 is 15.2 Å². The van der Waals surface area contributed by atoms with E-state index in [1.807, 2.05) is 66.7 Å². The van der Waals surface area contributed by atoms with Gasteiger partial charge in [0.05, 0.1) is 11.0 Å². The number of imidazole rings is 1. The summed E-state index contributed by atoms with van der Waals surface area (Å²) in [6.07, 6.45) is 1.75. The molecule has 0 saturated heterocycles. The predicted molar refractivity (Wildman–Crippen MR) is 121 cm³/mol. The van der Waals surface area contributed by atoms with Crippen LogP contribution in [-0.4, -0.2) is 15.6 Å². The van der Waals surface area contributed by atoms with Crippen LogP contribution in [0.1, 0.15) is 11.4 Å². The first-order valence-electron chi connectivity index (χ1n) is 9.41. The Balaban J connectivity index is 1.34. The van der Waals surface area contributed by atoms with Crippen molar-refractivity contribution in [2.45, 2.75) is 12.8 Å². The van der Waals surface area contributed by atoms with Gasteiger partial charge in [-0.2, -0.15) is 0 Å². The Morgan fingerprint density at radius 2 is 1.52 bits per heavy atom. The number of benzene rings is 3. The van der Waals surface area contributed by atoms with Gasteiger partial charge in [-0.05, 0) is 60.5 Å². The van der Waals surface area contributed by atoms with Gasteiger partial charge in [-0.3, -0.25) is 0 Å². The standard InChI is InChI=1S/C23H21BrN4O/c1-28-21-5-3-2-4-20(21)27-22(28)15-8-16-6-11-18(12-7-16)25-23(29)26-19-13-9-17(24)10-14-19/h2-7,9-14H,8,15H2,1H3,(H2,25,26,29). The Kier molecular flexibility index (Phi) is 5.62. The molecule has 0 spiro atoms. The molecule has 3 aromatic carbocycles. The van der Waals surface area contributed by atoms with Crippen LogP contribution in [0.2, 0.25) is 0 Å². The Morgan fingerprint density at radius 1 is 0.897 bits per heavy atom. The molecule has 29 heavy (non-hydrogen) atoms. The fourth-order valence-corrected chi connectivity index (χ4v) is 3.52. The molecule has 0 radical (unpaired) electrons. The third-order valence-electron chi connectivity index (χ3n) is 4.83. The van der Waals surface area contributed by atoms with Crippen molar-refractivity contribution in [3.8, 4) is 0 Å².